The number of amides is 2. The lowest BCUT2D eigenvalue weighted by Crippen LogP contribution is -2.38. The van der Waals surface area contributed by atoms with E-state index in [2.05, 4.69) is 26.1 Å². The smallest absolute Gasteiger partial charge is 0.264 e. The zero-order chi connectivity index (χ0) is 22.4. The van der Waals surface area contributed by atoms with Gasteiger partial charge in [-0.05, 0) is 48.1 Å². The molecule has 0 saturated heterocycles. The molecule has 5 nitrogen and oxygen atoms in total. The summed E-state index contributed by atoms with van der Waals surface area (Å²) < 4.78 is 5.71. The van der Waals surface area contributed by atoms with Crippen LogP contribution in [0.4, 0.5) is 5.69 Å². The van der Waals surface area contributed by atoms with Crippen molar-refractivity contribution in [3.05, 3.63) is 59.7 Å². The Morgan fingerprint density at radius 3 is 2.29 bits per heavy atom. The molecule has 0 radical (unpaired) electrons. The van der Waals surface area contributed by atoms with Gasteiger partial charge in [0.1, 0.15) is 5.75 Å². The molecule has 1 N–H and O–H groups in total. The van der Waals surface area contributed by atoms with Gasteiger partial charge in [-0.2, -0.15) is 0 Å². The molecule has 0 bridgehead atoms. The molecule has 1 saturated carbocycles. The molecule has 5 heteroatoms. The van der Waals surface area contributed by atoms with E-state index in [0.717, 1.165) is 25.7 Å². The van der Waals surface area contributed by atoms with E-state index in [9.17, 15) is 9.59 Å². The molecule has 2 aromatic carbocycles. The van der Waals surface area contributed by atoms with Crippen LogP contribution in [0.3, 0.4) is 0 Å². The van der Waals surface area contributed by atoms with Crippen LogP contribution in [-0.4, -0.2) is 31.5 Å². The van der Waals surface area contributed by atoms with Gasteiger partial charge in [-0.3, -0.25) is 9.59 Å². The number of para-hydroxylation sites is 1. The fourth-order valence-electron chi connectivity index (χ4n) is 3.90. The van der Waals surface area contributed by atoms with Crippen LogP contribution in [0, 0.1) is 0 Å². The third-order valence-electron chi connectivity index (χ3n) is 5.91. The molecule has 0 spiro atoms. The predicted molar refractivity (Wildman–Crippen MR) is 125 cm³/mol. The van der Waals surface area contributed by atoms with Crippen LogP contribution in [0.1, 0.15) is 68.8 Å². The van der Waals surface area contributed by atoms with Crippen LogP contribution in [0.15, 0.2) is 48.5 Å². The van der Waals surface area contributed by atoms with E-state index in [-0.39, 0.29) is 29.9 Å². The third kappa shape index (κ3) is 6.09. The molecular weight excluding hydrogens is 388 g/mol. The van der Waals surface area contributed by atoms with Gasteiger partial charge in [-0.15, -0.1) is 0 Å². The van der Waals surface area contributed by atoms with Crippen LogP contribution in [0.25, 0.3) is 0 Å². The largest absolute Gasteiger partial charge is 0.484 e. The number of anilines is 1. The number of ether oxygens (including phenoxy) is 1. The normalized spacial score (nSPS) is 14.7. The number of carbonyl (C=O) groups excluding carboxylic acids is 2. The Morgan fingerprint density at radius 2 is 1.65 bits per heavy atom. The molecule has 166 valence electrons. The lowest BCUT2D eigenvalue weighted by molar-refractivity contribution is -0.120. The van der Waals surface area contributed by atoms with E-state index in [0.29, 0.717) is 17.0 Å². The average molecular weight is 423 g/mol. The molecule has 3 rings (SSSR count). The summed E-state index contributed by atoms with van der Waals surface area (Å²) in [7, 11) is 1.68. The minimum Gasteiger partial charge on any atom is -0.484 e. The van der Waals surface area contributed by atoms with Crippen molar-refractivity contribution in [1.82, 2.24) is 5.32 Å². The molecule has 1 aliphatic carbocycles. The lowest BCUT2D eigenvalue weighted by Gasteiger charge is -2.25. The van der Waals surface area contributed by atoms with Crippen molar-refractivity contribution in [2.75, 3.05) is 18.6 Å². The standard InChI is InChI=1S/C26H34N2O3/c1-26(2,3)19-14-16-21(17-15-19)31-18-24(29)28(4)23-13-9-8-12-22(23)25(30)27-20-10-6-5-7-11-20/h8-9,12-17,20H,5-7,10-11,18H2,1-4H3,(H,27,30). The molecule has 1 fully saturated rings. The summed E-state index contributed by atoms with van der Waals surface area (Å²) in [4.78, 5) is 27.1. The van der Waals surface area contributed by atoms with E-state index in [1.54, 1.807) is 19.2 Å². The van der Waals surface area contributed by atoms with Crippen LogP contribution in [0.5, 0.6) is 5.75 Å². The Labute approximate surface area is 185 Å². The van der Waals surface area contributed by atoms with Crippen LogP contribution >= 0.6 is 0 Å². The quantitative estimate of drug-likeness (QED) is 0.705. The summed E-state index contributed by atoms with van der Waals surface area (Å²) in [6.45, 7) is 6.37. The second-order valence-corrected chi connectivity index (χ2v) is 9.34. The Kier molecular flexibility index (Phi) is 7.37. The van der Waals surface area contributed by atoms with Crippen LogP contribution in [-0.2, 0) is 10.2 Å². The minimum absolute atomic E-state index is 0.0659. The predicted octanol–water partition coefficient (Wildman–Crippen LogP) is 5.09. The fraction of sp³-hybridized carbons (Fsp3) is 0.462. The maximum absolute atomic E-state index is 12.9. The topological polar surface area (TPSA) is 58.6 Å². The maximum atomic E-state index is 12.9. The molecule has 0 aliphatic heterocycles. The number of nitrogens with one attached hydrogen (secondary N) is 1. The first-order valence-electron chi connectivity index (χ1n) is 11.2. The van der Waals surface area contributed by atoms with Gasteiger partial charge in [-0.1, -0.05) is 64.3 Å². The Balaban J connectivity index is 1.63. The van der Waals surface area contributed by atoms with Gasteiger partial charge in [0.05, 0.1) is 11.3 Å². The van der Waals surface area contributed by atoms with E-state index in [4.69, 9.17) is 4.74 Å². The molecule has 0 aromatic heterocycles. The van der Waals surface area contributed by atoms with Crippen molar-refractivity contribution in [2.45, 2.75) is 64.3 Å². The highest BCUT2D eigenvalue weighted by Gasteiger charge is 2.22. The molecular formula is C26H34N2O3. The summed E-state index contributed by atoms with van der Waals surface area (Å²) >= 11 is 0. The second kappa shape index (κ2) is 9.99. The van der Waals surface area contributed by atoms with Crippen molar-refractivity contribution < 1.29 is 14.3 Å². The van der Waals surface area contributed by atoms with Crippen molar-refractivity contribution in [3.8, 4) is 5.75 Å². The summed E-state index contributed by atoms with van der Waals surface area (Å²) in [5.41, 5.74) is 2.38. The summed E-state index contributed by atoms with van der Waals surface area (Å²) in [6, 6.07) is 15.3. The maximum Gasteiger partial charge on any atom is 0.264 e. The second-order valence-electron chi connectivity index (χ2n) is 9.34. The highest BCUT2D eigenvalue weighted by atomic mass is 16.5. The first kappa shape index (κ1) is 22.9. The SMILES string of the molecule is CN(C(=O)COc1ccc(C(C)(C)C)cc1)c1ccccc1C(=O)NC1CCCCC1. The van der Waals surface area contributed by atoms with E-state index >= 15 is 0 Å². The first-order chi connectivity index (χ1) is 14.8. The molecule has 31 heavy (non-hydrogen) atoms. The third-order valence-corrected chi connectivity index (χ3v) is 5.91. The van der Waals surface area contributed by atoms with Gasteiger partial charge in [0, 0.05) is 13.1 Å². The van der Waals surface area contributed by atoms with Gasteiger partial charge in [0.2, 0.25) is 0 Å². The van der Waals surface area contributed by atoms with Crippen molar-refractivity contribution in [3.63, 3.8) is 0 Å². The zero-order valence-electron chi connectivity index (χ0n) is 19.1. The van der Waals surface area contributed by atoms with Crippen molar-refractivity contribution >= 4 is 17.5 Å². The Bertz CT molecular complexity index is 894. The Morgan fingerprint density at radius 1 is 1.00 bits per heavy atom. The van der Waals surface area contributed by atoms with Gasteiger partial charge >= 0.3 is 0 Å². The van der Waals surface area contributed by atoms with Gasteiger partial charge < -0.3 is 15.0 Å². The average Bonchev–Trinajstić information content (AvgIpc) is 2.77. The highest BCUT2D eigenvalue weighted by Crippen LogP contribution is 2.25. The van der Waals surface area contributed by atoms with E-state index < -0.39 is 0 Å². The number of benzene rings is 2. The molecule has 2 aromatic rings. The number of hydrogen-bond acceptors (Lipinski definition) is 3. The van der Waals surface area contributed by atoms with Crippen LogP contribution in [0.2, 0.25) is 0 Å². The molecule has 1 aliphatic rings. The zero-order valence-corrected chi connectivity index (χ0v) is 19.1. The summed E-state index contributed by atoms with van der Waals surface area (Å²) in [5.74, 6) is 0.316. The fourth-order valence-corrected chi connectivity index (χ4v) is 3.90. The number of hydrogen-bond donors (Lipinski definition) is 1. The summed E-state index contributed by atoms with van der Waals surface area (Å²) in [6.07, 6.45) is 5.58. The number of carbonyl (C=O) groups is 2. The molecule has 0 heterocycles. The van der Waals surface area contributed by atoms with Gasteiger partial charge in [0.15, 0.2) is 6.61 Å². The summed E-state index contributed by atoms with van der Waals surface area (Å²) in [5, 5.41) is 3.14. The molecule has 2 amide bonds. The van der Waals surface area contributed by atoms with Crippen LogP contribution < -0.4 is 15.0 Å². The number of nitrogens with zero attached hydrogens (tertiary/aromatic N) is 1. The highest BCUT2D eigenvalue weighted by molar-refractivity contribution is 6.05. The number of likely N-dealkylation sites (N-methyl/N-ethyl adjacent to an activating group) is 1. The van der Waals surface area contributed by atoms with Crippen molar-refractivity contribution in [2.24, 2.45) is 0 Å². The van der Waals surface area contributed by atoms with E-state index in [1.165, 1.54) is 16.9 Å². The minimum atomic E-state index is -0.210. The van der Waals surface area contributed by atoms with E-state index in [1.807, 2.05) is 36.4 Å². The van der Waals surface area contributed by atoms with Crippen molar-refractivity contribution in [1.29, 1.82) is 0 Å². The number of rotatable bonds is 6. The first-order valence-corrected chi connectivity index (χ1v) is 11.2. The molecule has 0 atom stereocenters. The monoisotopic (exact) mass is 422 g/mol. The van der Waals surface area contributed by atoms with Gasteiger partial charge in [-0.25, -0.2) is 0 Å². The Hall–Kier alpha value is -2.82. The molecule has 0 unspecified atom stereocenters. The lowest BCUT2D eigenvalue weighted by atomic mass is 9.87. The van der Waals surface area contributed by atoms with Gasteiger partial charge in [0.25, 0.3) is 11.8 Å².